The van der Waals surface area contributed by atoms with Crippen molar-refractivity contribution in [2.45, 2.75) is 26.3 Å². The van der Waals surface area contributed by atoms with Crippen LogP contribution in [-0.2, 0) is 4.79 Å². The van der Waals surface area contributed by atoms with Crippen LogP contribution >= 0.6 is 0 Å². The third kappa shape index (κ3) is 4.24. The highest BCUT2D eigenvalue weighted by Crippen LogP contribution is 2.01. The molecule has 0 fully saturated rings. The molecule has 0 aliphatic heterocycles. The van der Waals surface area contributed by atoms with Crippen molar-refractivity contribution < 1.29 is 4.79 Å². The van der Waals surface area contributed by atoms with Crippen molar-refractivity contribution in [1.82, 2.24) is 10.2 Å². The van der Waals surface area contributed by atoms with Gasteiger partial charge in [0.25, 0.3) is 0 Å². The number of nitrogens with zero attached hydrogens (tertiary/aromatic N) is 1. The number of carbonyl (C=O) groups excluding carboxylic acids is 1. The minimum atomic E-state index is 0.0498. The molecule has 0 bridgehead atoms. The lowest BCUT2D eigenvalue weighted by atomic mass is 10.2. The lowest BCUT2D eigenvalue weighted by Crippen LogP contribution is -2.45. The summed E-state index contributed by atoms with van der Waals surface area (Å²) < 4.78 is 0. The molecule has 0 radical (unpaired) electrons. The molecule has 0 aromatic carbocycles. The van der Waals surface area contributed by atoms with Crippen molar-refractivity contribution in [2.75, 3.05) is 26.7 Å². The number of hydrogen-bond donors (Lipinski definition) is 2. The fourth-order valence-corrected chi connectivity index (χ4v) is 1.34. The highest BCUT2D eigenvalue weighted by molar-refractivity contribution is 5.77. The van der Waals surface area contributed by atoms with Crippen LogP contribution in [0.5, 0.6) is 0 Å². The highest BCUT2D eigenvalue weighted by atomic mass is 16.1. The zero-order valence-corrected chi connectivity index (χ0v) is 8.84. The molecule has 0 aliphatic carbocycles. The highest BCUT2D eigenvalue weighted by Gasteiger charge is 2.15. The molecule has 0 saturated heterocycles. The molecule has 0 saturated carbocycles. The van der Waals surface area contributed by atoms with Crippen LogP contribution in [0.3, 0.4) is 0 Å². The number of likely N-dealkylation sites (N-methyl/N-ethyl adjacent to an activating group) is 2. The van der Waals surface area contributed by atoms with Gasteiger partial charge < -0.3 is 11.1 Å². The summed E-state index contributed by atoms with van der Waals surface area (Å²) in [6, 6.07) is 0.322. The Balaban J connectivity index is 4.06. The van der Waals surface area contributed by atoms with E-state index in [0.29, 0.717) is 19.1 Å². The smallest absolute Gasteiger partial charge is 0.233 e. The van der Waals surface area contributed by atoms with Gasteiger partial charge in [0.1, 0.15) is 0 Å². The van der Waals surface area contributed by atoms with E-state index in [9.17, 15) is 4.79 Å². The topological polar surface area (TPSA) is 58.4 Å². The van der Waals surface area contributed by atoms with Crippen LogP contribution in [0.15, 0.2) is 0 Å². The molecule has 1 amide bonds. The summed E-state index contributed by atoms with van der Waals surface area (Å²) in [6.07, 6.45) is 0.987. The van der Waals surface area contributed by atoms with Crippen LogP contribution in [0.4, 0.5) is 0 Å². The summed E-state index contributed by atoms with van der Waals surface area (Å²) in [5, 5.41) is 2.61. The monoisotopic (exact) mass is 187 g/mol. The Morgan fingerprint density at radius 2 is 2.15 bits per heavy atom. The van der Waals surface area contributed by atoms with Gasteiger partial charge in [-0.1, -0.05) is 13.8 Å². The SMILES string of the molecule is CCC(CN)N(CC)CC(=O)NC. The molecule has 0 spiro atoms. The summed E-state index contributed by atoms with van der Waals surface area (Å²) in [5.74, 6) is 0.0498. The van der Waals surface area contributed by atoms with Gasteiger partial charge in [0.05, 0.1) is 6.54 Å². The summed E-state index contributed by atoms with van der Waals surface area (Å²) in [4.78, 5) is 13.2. The van der Waals surface area contributed by atoms with Gasteiger partial charge in [-0.3, -0.25) is 9.69 Å². The van der Waals surface area contributed by atoms with Crippen molar-refractivity contribution in [2.24, 2.45) is 5.73 Å². The Kier molecular flexibility index (Phi) is 6.54. The fraction of sp³-hybridized carbons (Fsp3) is 0.889. The van der Waals surface area contributed by atoms with Crippen molar-refractivity contribution in [3.8, 4) is 0 Å². The van der Waals surface area contributed by atoms with Gasteiger partial charge in [-0.15, -0.1) is 0 Å². The molecule has 78 valence electrons. The summed E-state index contributed by atoms with van der Waals surface area (Å²) >= 11 is 0. The molecule has 1 unspecified atom stereocenters. The minimum Gasteiger partial charge on any atom is -0.358 e. The number of carbonyl (C=O) groups is 1. The molecule has 0 aliphatic rings. The number of amides is 1. The molecule has 0 aromatic heterocycles. The zero-order valence-electron chi connectivity index (χ0n) is 8.84. The lowest BCUT2D eigenvalue weighted by Gasteiger charge is -2.27. The molecule has 4 nitrogen and oxygen atoms in total. The molecular weight excluding hydrogens is 166 g/mol. The predicted molar refractivity (Wildman–Crippen MR) is 54.4 cm³/mol. The Morgan fingerprint density at radius 3 is 2.46 bits per heavy atom. The predicted octanol–water partition coefficient (Wildman–Crippen LogP) is -0.208. The van der Waals surface area contributed by atoms with Crippen LogP contribution in [-0.4, -0.2) is 43.5 Å². The molecule has 0 rings (SSSR count). The fourth-order valence-electron chi connectivity index (χ4n) is 1.34. The molecule has 3 N–H and O–H groups in total. The van der Waals surface area contributed by atoms with Gasteiger partial charge in [0.15, 0.2) is 0 Å². The molecule has 13 heavy (non-hydrogen) atoms. The first kappa shape index (κ1) is 12.4. The number of nitrogens with two attached hydrogens (primary N) is 1. The van der Waals surface area contributed by atoms with Crippen LogP contribution in [0, 0.1) is 0 Å². The molecule has 1 atom stereocenters. The second-order valence-electron chi connectivity index (χ2n) is 3.03. The average molecular weight is 187 g/mol. The van der Waals surface area contributed by atoms with Gasteiger partial charge in [0, 0.05) is 19.6 Å². The summed E-state index contributed by atoms with van der Waals surface area (Å²) in [5.41, 5.74) is 5.60. The minimum absolute atomic E-state index is 0.0498. The summed E-state index contributed by atoms with van der Waals surface area (Å²) in [6.45, 7) is 6.05. The second kappa shape index (κ2) is 6.86. The van der Waals surface area contributed by atoms with E-state index in [1.807, 2.05) is 6.92 Å². The third-order valence-corrected chi connectivity index (χ3v) is 2.29. The van der Waals surface area contributed by atoms with E-state index in [-0.39, 0.29) is 5.91 Å². The maximum atomic E-state index is 11.1. The second-order valence-corrected chi connectivity index (χ2v) is 3.03. The zero-order chi connectivity index (χ0) is 10.3. The van der Waals surface area contributed by atoms with Gasteiger partial charge in [-0.05, 0) is 13.0 Å². The molecule has 0 heterocycles. The van der Waals surface area contributed by atoms with Gasteiger partial charge in [0.2, 0.25) is 5.91 Å². The van der Waals surface area contributed by atoms with Gasteiger partial charge in [-0.25, -0.2) is 0 Å². The average Bonchev–Trinajstić information content (AvgIpc) is 2.17. The van der Waals surface area contributed by atoms with Crippen LogP contribution in [0.2, 0.25) is 0 Å². The molecule has 0 aromatic rings. The first-order valence-corrected chi connectivity index (χ1v) is 4.84. The van der Waals surface area contributed by atoms with E-state index in [2.05, 4.69) is 17.1 Å². The quantitative estimate of drug-likeness (QED) is 0.605. The standard InChI is InChI=1S/C9H21N3O/c1-4-8(6-10)12(5-2)7-9(13)11-3/h8H,4-7,10H2,1-3H3,(H,11,13). The van der Waals surface area contributed by atoms with Crippen molar-refractivity contribution in [3.05, 3.63) is 0 Å². The Hall–Kier alpha value is -0.610. The third-order valence-electron chi connectivity index (χ3n) is 2.29. The Labute approximate surface area is 80.5 Å². The van der Waals surface area contributed by atoms with Gasteiger partial charge in [-0.2, -0.15) is 0 Å². The maximum Gasteiger partial charge on any atom is 0.233 e. The van der Waals surface area contributed by atoms with E-state index in [0.717, 1.165) is 13.0 Å². The van der Waals surface area contributed by atoms with Crippen LogP contribution in [0.1, 0.15) is 20.3 Å². The number of nitrogens with one attached hydrogen (secondary N) is 1. The maximum absolute atomic E-state index is 11.1. The van der Waals surface area contributed by atoms with Crippen LogP contribution in [0.25, 0.3) is 0 Å². The van der Waals surface area contributed by atoms with Crippen molar-refractivity contribution in [3.63, 3.8) is 0 Å². The van der Waals surface area contributed by atoms with Gasteiger partial charge >= 0.3 is 0 Å². The normalized spacial score (nSPS) is 13.0. The molecular formula is C9H21N3O. The Bertz CT molecular complexity index is 146. The summed E-state index contributed by atoms with van der Waals surface area (Å²) in [7, 11) is 1.65. The van der Waals surface area contributed by atoms with E-state index in [1.165, 1.54) is 0 Å². The van der Waals surface area contributed by atoms with Crippen LogP contribution < -0.4 is 11.1 Å². The first-order chi connectivity index (χ1) is 6.19. The lowest BCUT2D eigenvalue weighted by molar-refractivity contribution is -0.122. The van der Waals surface area contributed by atoms with E-state index in [4.69, 9.17) is 5.73 Å². The van der Waals surface area contributed by atoms with E-state index in [1.54, 1.807) is 7.05 Å². The van der Waals surface area contributed by atoms with E-state index < -0.39 is 0 Å². The number of hydrogen-bond acceptors (Lipinski definition) is 3. The number of rotatable bonds is 6. The largest absolute Gasteiger partial charge is 0.358 e. The molecule has 4 heteroatoms. The first-order valence-electron chi connectivity index (χ1n) is 4.84. The van der Waals surface area contributed by atoms with E-state index >= 15 is 0 Å². The Morgan fingerprint density at radius 1 is 1.54 bits per heavy atom. The van der Waals surface area contributed by atoms with Crippen molar-refractivity contribution >= 4 is 5.91 Å². The van der Waals surface area contributed by atoms with Crippen molar-refractivity contribution in [1.29, 1.82) is 0 Å².